The minimum absolute atomic E-state index is 0.764. The lowest BCUT2D eigenvalue weighted by Crippen LogP contribution is -2.17. The van der Waals surface area contributed by atoms with Gasteiger partial charge in [-0.3, -0.25) is 0 Å². The third-order valence-corrected chi connectivity index (χ3v) is 3.23. The molecule has 0 fully saturated rings. The molecule has 0 spiro atoms. The number of fused-ring (bicyclic) bond motifs is 1. The fraction of sp³-hybridized carbons (Fsp3) is 0.0714. The molecule has 0 radical (unpaired) electrons. The Morgan fingerprint density at radius 3 is 2.53 bits per heavy atom. The van der Waals surface area contributed by atoms with Crippen LogP contribution in [0.1, 0.15) is 0 Å². The van der Waals surface area contributed by atoms with Crippen LogP contribution in [-0.2, 0) is 7.05 Å². The van der Waals surface area contributed by atoms with E-state index < -0.39 is 0 Å². The SMILES string of the molecule is Cn1c(-c2ccc(Cl)cc2)c[n+]2ccccc12. The van der Waals surface area contributed by atoms with Gasteiger partial charge in [0.1, 0.15) is 6.20 Å². The van der Waals surface area contributed by atoms with Gasteiger partial charge in [0.25, 0.3) is 5.65 Å². The van der Waals surface area contributed by atoms with Gasteiger partial charge in [0, 0.05) is 16.7 Å². The van der Waals surface area contributed by atoms with Gasteiger partial charge >= 0.3 is 0 Å². The van der Waals surface area contributed by atoms with E-state index in [1.54, 1.807) is 0 Å². The summed E-state index contributed by atoms with van der Waals surface area (Å²) in [6.07, 6.45) is 4.17. The van der Waals surface area contributed by atoms with E-state index >= 15 is 0 Å². The number of imidazole rings is 1. The van der Waals surface area contributed by atoms with Gasteiger partial charge in [-0.2, -0.15) is 0 Å². The molecule has 0 aliphatic heterocycles. The lowest BCUT2D eigenvalue weighted by atomic mass is 10.2. The number of pyridine rings is 1. The summed E-state index contributed by atoms with van der Waals surface area (Å²) in [5.74, 6) is 0. The molecule has 0 unspecified atom stereocenters. The summed E-state index contributed by atoms with van der Waals surface area (Å²) in [5.41, 5.74) is 3.51. The van der Waals surface area contributed by atoms with Crippen LogP contribution in [-0.4, -0.2) is 4.57 Å². The number of halogens is 1. The maximum Gasteiger partial charge on any atom is 0.286 e. The second-order valence-corrected chi connectivity index (χ2v) is 4.48. The molecule has 84 valence electrons. The van der Waals surface area contributed by atoms with E-state index in [9.17, 15) is 0 Å². The summed E-state index contributed by atoms with van der Waals surface area (Å²) in [6, 6.07) is 14.1. The maximum atomic E-state index is 5.91. The van der Waals surface area contributed by atoms with Crippen LogP contribution in [0.25, 0.3) is 16.9 Å². The largest absolute Gasteiger partial charge is 0.286 e. The minimum Gasteiger partial charge on any atom is -0.226 e. The van der Waals surface area contributed by atoms with Crippen molar-refractivity contribution in [2.75, 3.05) is 0 Å². The topological polar surface area (TPSA) is 9.03 Å². The summed E-state index contributed by atoms with van der Waals surface area (Å²) in [4.78, 5) is 0. The normalized spacial score (nSPS) is 10.9. The fourth-order valence-electron chi connectivity index (χ4n) is 2.07. The van der Waals surface area contributed by atoms with Gasteiger partial charge < -0.3 is 0 Å². The molecule has 0 atom stereocenters. The number of rotatable bonds is 1. The van der Waals surface area contributed by atoms with Gasteiger partial charge in [-0.25, -0.2) is 8.97 Å². The quantitative estimate of drug-likeness (QED) is 0.581. The van der Waals surface area contributed by atoms with Gasteiger partial charge in [0.05, 0.1) is 13.2 Å². The predicted molar refractivity (Wildman–Crippen MR) is 69.0 cm³/mol. The molecule has 0 aliphatic carbocycles. The molecule has 17 heavy (non-hydrogen) atoms. The molecule has 0 aliphatic rings. The van der Waals surface area contributed by atoms with Crippen LogP contribution in [0.3, 0.4) is 0 Å². The van der Waals surface area contributed by atoms with Crippen LogP contribution in [0.2, 0.25) is 5.02 Å². The fourth-order valence-corrected chi connectivity index (χ4v) is 2.20. The Morgan fingerprint density at radius 1 is 1.06 bits per heavy atom. The zero-order chi connectivity index (χ0) is 11.8. The summed E-state index contributed by atoms with van der Waals surface area (Å²) in [5, 5.41) is 0.764. The standard InChI is InChI=1S/C14H12ClN2/c1-16-13(11-5-7-12(15)8-6-11)10-17-9-3-2-4-14(16)17/h2-10H,1H3/q+1. The monoisotopic (exact) mass is 243 g/mol. The molecule has 2 aromatic heterocycles. The zero-order valence-corrected chi connectivity index (χ0v) is 10.2. The average molecular weight is 244 g/mol. The first-order chi connectivity index (χ1) is 8.25. The molecule has 0 N–H and O–H groups in total. The van der Waals surface area contributed by atoms with E-state index in [1.807, 2.05) is 36.4 Å². The highest BCUT2D eigenvalue weighted by molar-refractivity contribution is 6.30. The van der Waals surface area contributed by atoms with Crippen LogP contribution in [0, 0.1) is 0 Å². The molecular formula is C14H12ClN2+. The van der Waals surface area contributed by atoms with Crippen molar-refractivity contribution >= 4 is 17.2 Å². The highest BCUT2D eigenvalue weighted by Gasteiger charge is 2.14. The second-order valence-electron chi connectivity index (χ2n) is 4.05. The average Bonchev–Trinajstić information content (AvgIpc) is 2.69. The second kappa shape index (κ2) is 3.90. The van der Waals surface area contributed by atoms with E-state index in [0.717, 1.165) is 10.7 Å². The third-order valence-electron chi connectivity index (χ3n) is 2.97. The lowest BCUT2D eigenvalue weighted by Gasteiger charge is -1.97. The Balaban J connectivity index is 2.24. The van der Waals surface area contributed by atoms with Crippen molar-refractivity contribution in [1.29, 1.82) is 0 Å². The van der Waals surface area contributed by atoms with Crippen molar-refractivity contribution in [3.8, 4) is 11.3 Å². The minimum atomic E-state index is 0.764. The molecule has 1 aromatic carbocycles. The Hall–Kier alpha value is -1.80. The van der Waals surface area contributed by atoms with E-state index in [4.69, 9.17) is 11.6 Å². The van der Waals surface area contributed by atoms with Crippen molar-refractivity contribution in [3.05, 3.63) is 59.9 Å². The predicted octanol–water partition coefficient (Wildman–Crippen LogP) is 3.08. The Kier molecular flexibility index (Phi) is 2.37. The number of hydrogen-bond donors (Lipinski definition) is 0. The molecule has 0 saturated carbocycles. The summed E-state index contributed by atoms with van der Waals surface area (Å²) < 4.78 is 4.28. The van der Waals surface area contributed by atoms with E-state index in [0.29, 0.717) is 0 Å². The Morgan fingerprint density at radius 2 is 1.82 bits per heavy atom. The van der Waals surface area contributed by atoms with E-state index in [2.05, 4.69) is 34.5 Å². The molecule has 3 rings (SSSR count). The molecule has 0 amide bonds. The molecule has 2 heterocycles. The highest BCUT2D eigenvalue weighted by Crippen LogP contribution is 2.21. The van der Waals surface area contributed by atoms with Crippen molar-refractivity contribution in [2.24, 2.45) is 7.05 Å². The van der Waals surface area contributed by atoms with Crippen molar-refractivity contribution in [2.45, 2.75) is 0 Å². The third kappa shape index (κ3) is 1.71. The number of aromatic nitrogens is 2. The van der Waals surface area contributed by atoms with Gasteiger partial charge in [-0.1, -0.05) is 17.7 Å². The maximum absolute atomic E-state index is 5.91. The molecule has 0 saturated heterocycles. The summed E-state index contributed by atoms with van der Waals surface area (Å²) >= 11 is 5.91. The first-order valence-electron chi connectivity index (χ1n) is 5.47. The van der Waals surface area contributed by atoms with Gasteiger partial charge in [-0.15, -0.1) is 0 Å². The van der Waals surface area contributed by atoms with Crippen LogP contribution >= 0.6 is 11.6 Å². The molecule has 3 aromatic rings. The smallest absolute Gasteiger partial charge is 0.226 e. The van der Waals surface area contributed by atoms with Gasteiger partial charge in [0.2, 0.25) is 0 Å². The van der Waals surface area contributed by atoms with Crippen molar-refractivity contribution < 1.29 is 4.40 Å². The van der Waals surface area contributed by atoms with Gasteiger partial charge in [-0.05, 0) is 30.3 Å². The van der Waals surface area contributed by atoms with E-state index in [1.165, 1.54) is 11.3 Å². The van der Waals surface area contributed by atoms with Crippen molar-refractivity contribution in [1.82, 2.24) is 4.57 Å². The first-order valence-corrected chi connectivity index (χ1v) is 5.85. The highest BCUT2D eigenvalue weighted by atomic mass is 35.5. The molecule has 0 bridgehead atoms. The Bertz CT molecular complexity index is 668. The van der Waals surface area contributed by atoms with E-state index in [-0.39, 0.29) is 0 Å². The lowest BCUT2D eigenvalue weighted by molar-refractivity contribution is -0.510. The van der Waals surface area contributed by atoms with Crippen LogP contribution in [0.4, 0.5) is 0 Å². The van der Waals surface area contributed by atoms with Crippen LogP contribution in [0.15, 0.2) is 54.9 Å². The number of nitrogens with zero attached hydrogens (tertiary/aromatic N) is 2. The molecule has 2 nitrogen and oxygen atoms in total. The van der Waals surface area contributed by atoms with Crippen LogP contribution in [0.5, 0.6) is 0 Å². The van der Waals surface area contributed by atoms with Gasteiger partial charge in [0.15, 0.2) is 5.69 Å². The number of hydrogen-bond acceptors (Lipinski definition) is 0. The number of aryl methyl sites for hydroxylation is 1. The zero-order valence-electron chi connectivity index (χ0n) is 9.47. The first kappa shape index (κ1) is 10.4. The Labute approximate surface area is 105 Å². The summed E-state index contributed by atoms with van der Waals surface area (Å²) in [7, 11) is 2.07. The summed E-state index contributed by atoms with van der Waals surface area (Å²) in [6.45, 7) is 0. The molecular weight excluding hydrogens is 232 g/mol. The number of benzene rings is 1. The van der Waals surface area contributed by atoms with Crippen LogP contribution < -0.4 is 4.40 Å². The molecule has 3 heteroatoms. The van der Waals surface area contributed by atoms with Crippen molar-refractivity contribution in [3.63, 3.8) is 0 Å².